The van der Waals surface area contributed by atoms with Crippen molar-refractivity contribution in [2.24, 2.45) is 0 Å². The normalized spacial score (nSPS) is 16.8. The second-order valence-corrected chi connectivity index (χ2v) is 8.43. The molecule has 0 radical (unpaired) electrons. The molecule has 2 amide bonds. The lowest BCUT2D eigenvalue weighted by Crippen LogP contribution is -2.59. The molecular weight excluding hydrogens is 360 g/mol. The van der Waals surface area contributed by atoms with E-state index in [1.165, 1.54) is 0 Å². The Morgan fingerprint density at radius 1 is 1.30 bits per heavy atom. The van der Waals surface area contributed by atoms with Gasteiger partial charge in [0.1, 0.15) is 11.3 Å². The molecule has 5 nitrogen and oxygen atoms in total. The number of amides is 2. The molecule has 2 aromatic rings. The number of furan rings is 1. The molecule has 146 valence electrons. The molecule has 2 aromatic heterocycles. The fourth-order valence-corrected chi connectivity index (χ4v) is 4.33. The quantitative estimate of drug-likeness (QED) is 0.739. The summed E-state index contributed by atoms with van der Waals surface area (Å²) in [4.78, 5) is 29.1. The van der Waals surface area contributed by atoms with Crippen molar-refractivity contribution in [3.8, 4) is 0 Å². The monoisotopic (exact) mass is 388 g/mol. The standard InChI is InChI=1S/C21H28N2O3S/c1-3-21(2,20(25)22-16-8-4-5-9-16)23(15-17-10-6-12-26-17)19(24)14-18-11-7-13-27-18/h6-7,10-13,16H,3-5,8-9,14-15H2,1-2H3,(H,22,25)/t21-/m1/s1. The van der Waals surface area contributed by atoms with Crippen molar-refractivity contribution in [2.75, 3.05) is 0 Å². The van der Waals surface area contributed by atoms with Crippen LogP contribution < -0.4 is 5.32 Å². The fraction of sp³-hybridized carbons (Fsp3) is 0.524. The third kappa shape index (κ3) is 4.61. The minimum Gasteiger partial charge on any atom is -0.467 e. The largest absolute Gasteiger partial charge is 0.467 e. The molecule has 1 fully saturated rings. The highest BCUT2D eigenvalue weighted by atomic mass is 32.1. The Balaban J connectivity index is 1.82. The second kappa shape index (κ2) is 8.74. The highest BCUT2D eigenvalue weighted by molar-refractivity contribution is 7.10. The topological polar surface area (TPSA) is 62.6 Å². The van der Waals surface area contributed by atoms with Crippen LogP contribution in [0.4, 0.5) is 0 Å². The van der Waals surface area contributed by atoms with E-state index >= 15 is 0 Å². The lowest BCUT2D eigenvalue weighted by molar-refractivity contribution is -0.148. The van der Waals surface area contributed by atoms with Gasteiger partial charge in [0, 0.05) is 10.9 Å². The van der Waals surface area contributed by atoms with Crippen LogP contribution in [0.25, 0.3) is 0 Å². The highest BCUT2D eigenvalue weighted by Crippen LogP contribution is 2.27. The second-order valence-electron chi connectivity index (χ2n) is 7.40. The molecule has 0 saturated heterocycles. The van der Waals surface area contributed by atoms with Crippen LogP contribution in [0.3, 0.4) is 0 Å². The zero-order valence-electron chi connectivity index (χ0n) is 16.1. The van der Waals surface area contributed by atoms with Crippen LogP contribution in [-0.2, 0) is 22.6 Å². The maximum absolute atomic E-state index is 13.2. The number of carbonyl (C=O) groups is 2. The number of nitrogens with zero attached hydrogens (tertiary/aromatic N) is 1. The van der Waals surface area contributed by atoms with E-state index in [2.05, 4.69) is 5.32 Å². The SMILES string of the molecule is CC[C@](C)(C(=O)NC1CCCC1)N(Cc1ccco1)C(=O)Cc1cccs1. The van der Waals surface area contributed by atoms with Crippen LogP contribution in [0.2, 0.25) is 0 Å². The van der Waals surface area contributed by atoms with Gasteiger partial charge in [0.2, 0.25) is 11.8 Å². The Bertz CT molecular complexity index is 736. The van der Waals surface area contributed by atoms with Crippen molar-refractivity contribution >= 4 is 23.2 Å². The van der Waals surface area contributed by atoms with Crippen LogP contribution in [0, 0.1) is 0 Å². The molecular formula is C21H28N2O3S. The van der Waals surface area contributed by atoms with Gasteiger partial charge in [-0.3, -0.25) is 9.59 Å². The maximum Gasteiger partial charge on any atom is 0.245 e. The van der Waals surface area contributed by atoms with Gasteiger partial charge in [-0.2, -0.15) is 0 Å². The fourth-order valence-electron chi connectivity index (χ4n) is 3.64. The van der Waals surface area contributed by atoms with Gasteiger partial charge in [-0.25, -0.2) is 0 Å². The van der Waals surface area contributed by atoms with Gasteiger partial charge >= 0.3 is 0 Å². The molecule has 1 saturated carbocycles. The summed E-state index contributed by atoms with van der Waals surface area (Å²) >= 11 is 1.56. The molecule has 0 spiro atoms. The molecule has 1 aliphatic carbocycles. The number of hydrogen-bond acceptors (Lipinski definition) is 4. The van der Waals surface area contributed by atoms with Gasteiger partial charge in [-0.05, 0) is 49.8 Å². The lowest BCUT2D eigenvalue weighted by Gasteiger charge is -2.40. The Labute approximate surface area is 164 Å². The summed E-state index contributed by atoms with van der Waals surface area (Å²) in [6.45, 7) is 4.12. The maximum atomic E-state index is 13.2. The van der Waals surface area contributed by atoms with Gasteiger partial charge in [-0.1, -0.05) is 25.8 Å². The Morgan fingerprint density at radius 2 is 2.07 bits per heavy atom. The van der Waals surface area contributed by atoms with Gasteiger partial charge in [0.25, 0.3) is 0 Å². The average molecular weight is 389 g/mol. The molecule has 6 heteroatoms. The third-order valence-corrected chi connectivity index (χ3v) is 6.44. The van der Waals surface area contributed by atoms with Crippen molar-refractivity contribution in [1.29, 1.82) is 0 Å². The van der Waals surface area contributed by atoms with E-state index in [1.54, 1.807) is 28.6 Å². The van der Waals surface area contributed by atoms with Crippen LogP contribution in [0.15, 0.2) is 40.3 Å². The summed E-state index contributed by atoms with van der Waals surface area (Å²) in [5.41, 5.74) is -0.913. The van der Waals surface area contributed by atoms with Crippen LogP contribution >= 0.6 is 11.3 Å². The van der Waals surface area contributed by atoms with Crippen LogP contribution in [0.1, 0.15) is 56.6 Å². The first-order valence-electron chi connectivity index (χ1n) is 9.69. The van der Waals surface area contributed by atoms with Crippen molar-refractivity contribution in [2.45, 2.75) is 70.5 Å². The van der Waals surface area contributed by atoms with E-state index < -0.39 is 5.54 Å². The predicted molar refractivity (Wildman–Crippen MR) is 106 cm³/mol. The molecule has 1 N–H and O–H groups in total. The average Bonchev–Trinajstić information content (AvgIpc) is 3.42. The van der Waals surface area contributed by atoms with Gasteiger partial charge in [0.15, 0.2) is 0 Å². The number of carbonyl (C=O) groups excluding carboxylic acids is 2. The minimum atomic E-state index is -0.913. The zero-order chi connectivity index (χ0) is 19.3. The Hall–Kier alpha value is -2.08. The van der Waals surface area contributed by atoms with Crippen LogP contribution in [0.5, 0.6) is 0 Å². The minimum absolute atomic E-state index is 0.0558. The smallest absolute Gasteiger partial charge is 0.245 e. The van der Waals surface area contributed by atoms with Crippen molar-refractivity contribution < 1.29 is 14.0 Å². The summed E-state index contributed by atoms with van der Waals surface area (Å²) in [5, 5.41) is 5.15. The van der Waals surface area contributed by atoms with E-state index in [1.807, 2.05) is 37.4 Å². The molecule has 1 atom stereocenters. The van der Waals surface area contributed by atoms with Crippen molar-refractivity contribution in [3.63, 3.8) is 0 Å². The van der Waals surface area contributed by atoms with Crippen molar-refractivity contribution in [1.82, 2.24) is 10.2 Å². The predicted octanol–water partition coefficient (Wildman–Crippen LogP) is 4.14. The van der Waals surface area contributed by atoms with Crippen molar-refractivity contribution in [3.05, 3.63) is 46.5 Å². The first-order chi connectivity index (χ1) is 13.0. The van der Waals surface area contributed by atoms with Gasteiger partial charge in [0.05, 0.1) is 19.2 Å². The summed E-state index contributed by atoms with van der Waals surface area (Å²) < 4.78 is 5.48. The first-order valence-corrected chi connectivity index (χ1v) is 10.6. The molecule has 0 unspecified atom stereocenters. The highest BCUT2D eigenvalue weighted by Gasteiger charge is 2.42. The lowest BCUT2D eigenvalue weighted by atomic mass is 9.93. The molecule has 0 aromatic carbocycles. The van der Waals surface area contributed by atoms with Gasteiger partial charge in [-0.15, -0.1) is 11.3 Å². The number of rotatable bonds is 8. The molecule has 1 aliphatic rings. The third-order valence-electron chi connectivity index (χ3n) is 5.56. The Kier molecular flexibility index (Phi) is 6.37. The van der Waals surface area contributed by atoms with Crippen LogP contribution in [-0.4, -0.2) is 28.3 Å². The summed E-state index contributed by atoms with van der Waals surface area (Å²) in [7, 11) is 0. The van der Waals surface area contributed by atoms with E-state index in [9.17, 15) is 9.59 Å². The Morgan fingerprint density at radius 3 is 2.67 bits per heavy atom. The van der Waals surface area contributed by atoms with E-state index in [-0.39, 0.29) is 17.9 Å². The molecule has 27 heavy (non-hydrogen) atoms. The molecule has 0 aliphatic heterocycles. The van der Waals surface area contributed by atoms with Gasteiger partial charge < -0.3 is 14.6 Å². The summed E-state index contributed by atoms with van der Waals surface area (Å²) in [6.07, 6.45) is 6.79. The van der Waals surface area contributed by atoms with E-state index in [4.69, 9.17) is 4.42 Å². The number of thiophene rings is 1. The summed E-state index contributed by atoms with van der Waals surface area (Å²) in [5.74, 6) is 0.561. The zero-order valence-corrected chi connectivity index (χ0v) is 16.9. The molecule has 0 bridgehead atoms. The number of nitrogens with one attached hydrogen (secondary N) is 1. The van der Waals surface area contributed by atoms with E-state index in [0.717, 1.165) is 30.6 Å². The molecule has 2 heterocycles. The first kappa shape index (κ1) is 19.7. The van der Waals surface area contributed by atoms with E-state index in [0.29, 0.717) is 25.1 Å². The summed E-state index contributed by atoms with van der Waals surface area (Å²) in [6, 6.07) is 7.77. The molecule has 3 rings (SSSR count). The number of hydrogen-bond donors (Lipinski definition) is 1.